The highest BCUT2D eigenvalue weighted by molar-refractivity contribution is 7.18. The molecule has 8 heteroatoms. The number of thiophene rings is 1. The van der Waals surface area contributed by atoms with Gasteiger partial charge in [-0.2, -0.15) is 10.4 Å². The molecule has 166 valence electrons. The van der Waals surface area contributed by atoms with Crippen LogP contribution < -0.4 is 5.56 Å². The van der Waals surface area contributed by atoms with Gasteiger partial charge in [0, 0.05) is 34.6 Å². The van der Waals surface area contributed by atoms with Crippen LogP contribution in [0.25, 0.3) is 33.1 Å². The number of fused-ring (bicyclic) bond motifs is 1. The summed E-state index contributed by atoms with van der Waals surface area (Å²) in [5.74, 6) is 0.245. The number of allylic oxidation sites excluding steroid dienone is 1. The third-order valence-electron chi connectivity index (χ3n) is 5.63. The molecule has 1 aromatic carbocycles. The monoisotopic (exact) mass is 464 g/mol. The van der Waals surface area contributed by atoms with Crippen molar-refractivity contribution in [2.45, 2.75) is 20.4 Å². The highest BCUT2D eigenvalue weighted by atomic mass is 32.1. The molecule has 7 nitrogen and oxygen atoms in total. The normalized spacial score (nSPS) is 11.6. The van der Waals surface area contributed by atoms with Crippen LogP contribution in [0.3, 0.4) is 0 Å². The molecule has 0 atom stereocenters. The summed E-state index contributed by atoms with van der Waals surface area (Å²) in [6, 6.07) is 16.0. The quantitative estimate of drug-likeness (QED) is 0.370. The summed E-state index contributed by atoms with van der Waals surface area (Å²) in [7, 11) is 0. The minimum Gasteiger partial charge on any atom is -0.305 e. The molecule has 0 spiro atoms. The Kier molecular flexibility index (Phi) is 5.62. The number of pyridine rings is 1. The van der Waals surface area contributed by atoms with Crippen molar-refractivity contribution < 1.29 is 0 Å². The lowest BCUT2D eigenvalue weighted by atomic mass is 10.1. The fourth-order valence-corrected chi connectivity index (χ4v) is 4.84. The van der Waals surface area contributed by atoms with E-state index >= 15 is 0 Å². The molecule has 4 heterocycles. The van der Waals surface area contributed by atoms with Crippen molar-refractivity contribution in [3.63, 3.8) is 0 Å². The summed E-state index contributed by atoms with van der Waals surface area (Å²) >= 11 is 1.45. The van der Waals surface area contributed by atoms with Crippen molar-refractivity contribution >= 4 is 33.2 Å². The number of aromatic amines is 1. The molecule has 4 aromatic heterocycles. The SMILES string of the molecule is Cc1sc2nc(/C(C#N)=C/c3cn(Cc4ccccc4)nc3-c3cccnc3)[nH]c(=O)c2c1C. The Morgan fingerprint density at radius 2 is 2.03 bits per heavy atom. The number of nitriles is 1. The number of benzene rings is 1. The predicted molar refractivity (Wildman–Crippen MR) is 134 cm³/mol. The molecule has 0 saturated carbocycles. The van der Waals surface area contributed by atoms with Gasteiger partial charge in [0.1, 0.15) is 16.6 Å². The van der Waals surface area contributed by atoms with Gasteiger partial charge in [0.15, 0.2) is 5.82 Å². The van der Waals surface area contributed by atoms with Crippen LogP contribution in [0.15, 0.2) is 65.8 Å². The smallest absolute Gasteiger partial charge is 0.260 e. The number of aromatic nitrogens is 5. The lowest BCUT2D eigenvalue weighted by molar-refractivity contribution is 0.689. The number of H-pyrrole nitrogens is 1. The van der Waals surface area contributed by atoms with E-state index in [4.69, 9.17) is 5.10 Å². The standard InChI is InChI=1S/C26H20N6OS/c1-16-17(2)34-26-22(16)25(33)29-24(30-26)20(12-27)11-21-15-32(14-18-7-4-3-5-8-18)31-23(21)19-9-6-10-28-13-19/h3-11,13,15H,14H2,1-2H3,(H,29,30,33)/b20-11+. The van der Waals surface area contributed by atoms with Gasteiger partial charge >= 0.3 is 0 Å². The molecule has 5 rings (SSSR count). The first-order chi connectivity index (χ1) is 16.5. The number of nitrogens with one attached hydrogen (secondary N) is 1. The Labute approximate surface area is 199 Å². The zero-order valence-electron chi connectivity index (χ0n) is 18.6. The van der Waals surface area contributed by atoms with Crippen molar-refractivity contribution in [1.29, 1.82) is 5.26 Å². The molecular weight excluding hydrogens is 444 g/mol. The molecule has 0 amide bonds. The van der Waals surface area contributed by atoms with E-state index in [1.54, 1.807) is 18.5 Å². The van der Waals surface area contributed by atoms with E-state index in [1.165, 1.54) is 11.3 Å². The van der Waals surface area contributed by atoms with Gasteiger partial charge in [0.2, 0.25) is 0 Å². The van der Waals surface area contributed by atoms with E-state index in [-0.39, 0.29) is 17.0 Å². The first kappa shape index (κ1) is 21.5. The topological polar surface area (TPSA) is 100 Å². The Balaban J connectivity index is 1.63. The van der Waals surface area contributed by atoms with Crippen molar-refractivity contribution in [2.24, 2.45) is 0 Å². The molecule has 34 heavy (non-hydrogen) atoms. The summed E-state index contributed by atoms with van der Waals surface area (Å²) in [6.45, 7) is 4.45. The first-order valence-electron chi connectivity index (χ1n) is 10.7. The van der Waals surface area contributed by atoms with Crippen LogP contribution in [0.2, 0.25) is 0 Å². The van der Waals surface area contributed by atoms with Crippen LogP contribution in [0.5, 0.6) is 0 Å². The zero-order valence-corrected chi connectivity index (χ0v) is 19.4. The van der Waals surface area contributed by atoms with Crippen LogP contribution in [-0.4, -0.2) is 24.7 Å². The van der Waals surface area contributed by atoms with Gasteiger partial charge in [-0.25, -0.2) is 4.98 Å². The number of aryl methyl sites for hydroxylation is 2. The van der Waals surface area contributed by atoms with Crippen LogP contribution in [0.1, 0.15) is 27.4 Å². The van der Waals surface area contributed by atoms with E-state index in [2.05, 4.69) is 21.0 Å². The van der Waals surface area contributed by atoms with E-state index in [1.807, 2.05) is 67.2 Å². The second-order valence-electron chi connectivity index (χ2n) is 7.91. The number of hydrogen-bond acceptors (Lipinski definition) is 6. The Morgan fingerprint density at radius 1 is 1.21 bits per heavy atom. The highest BCUT2D eigenvalue weighted by Gasteiger charge is 2.16. The van der Waals surface area contributed by atoms with Crippen LogP contribution in [-0.2, 0) is 6.54 Å². The van der Waals surface area contributed by atoms with E-state index in [0.29, 0.717) is 22.5 Å². The van der Waals surface area contributed by atoms with E-state index < -0.39 is 0 Å². The van der Waals surface area contributed by atoms with Gasteiger partial charge in [0.25, 0.3) is 5.56 Å². The third kappa shape index (κ3) is 4.05. The molecule has 0 unspecified atom stereocenters. The average Bonchev–Trinajstić information content (AvgIpc) is 3.38. The molecule has 0 aliphatic carbocycles. The van der Waals surface area contributed by atoms with Crippen molar-refractivity contribution in [1.82, 2.24) is 24.7 Å². The van der Waals surface area contributed by atoms with Gasteiger partial charge in [-0.1, -0.05) is 30.3 Å². The summed E-state index contributed by atoms with van der Waals surface area (Å²) in [4.78, 5) is 26.0. The van der Waals surface area contributed by atoms with Gasteiger partial charge in [-0.15, -0.1) is 11.3 Å². The Morgan fingerprint density at radius 3 is 2.76 bits per heavy atom. The van der Waals surface area contributed by atoms with Crippen LogP contribution >= 0.6 is 11.3 Å². The summed E-state index contributed by atoms with van der Waals surface area (Å²) in [6.07, 6.45) is 7.05. The fourth-order valence-electron chi connectivity index (χ4n) is 3.81. The Bertz CT molecular complexity index is 1620. The molecular formula is C26H20N6OS. The number of nitrogens with zero attached hydrogens (tertiary/aromatic N) is 5. The molecule has 0 radical (unpaired) electrons. The third-order valence-corrected chi connectivity index (χ3v) is 6.73. The van der Waals surface area contributed by atoms with Crippen molar-refractivity contribution in [2.75, 3.05) is 0 Å². The predicted octanol–water partition coefficient (Wildman–Crippen LogP) is 4.97. The van der Waals surface area contributed by atoms with Crippen molar-refractivity contribution in [3.8, 4) is 17.3 Å². The lowest BCUT2D eigenvalue weighted by Crippen LogP contribution is -2.10. The van der Waals surface area contributed by atoms with Gasteiger partial charge in [0.05, 0.1) is 17.5 Å². The summed E-state index contributed by atoms with van der Waals surface area (Å²) in [5.41, 5.74) is 4.31. The maximum atomic E-state index is 12.8. The van der Waals surface area contributed by atoms with E-state index in [9.17, 15) is 10.1 Å². The molecule has 0 fully saturated rings. The average molecular weight is 465 g/mol. The maximum absolute atomic E-state index is 12.8. The summed E-state index contributed by atoms with van der Waals surface area (Å²) in [5, 5.41) is 15.3. The maximum Gasteiger partial charge on any atom is 0.260 e. The zero-order chi connectivity index (χ0) is 23.7. The molecule has 1 N–H and O–H groups in total. The number of rotatable bonds is 5. The second-order valence-corrected chi connectivity index (χ2v) is 9.11. The van der Waals surface area contributed by atoms with Gasteiger partial charge in [-0.05, 0) is 43.2 Å². The van der Waals surface area contributed by atoms with Gasteiger partial charge in [-0.3, -0.25) is 14.5 Å². The molecule has 0 aliphatic rings. The lowest BCUT2D eigenvalue weighted by Gasteiger charge is -2.01. The largest absolute Gasteiger partial charge is 0.305 e. The first-order valence-corrected chi connectivity index (χ1v) is 11.5. The summed E-state index contributed by atoms with van der Waals surface area (Å²) < 4.78 is 1.84. The molecule has 0 saturated heterocycles. The van der Waals surface area contributed by atoms with Gasteiger partial charge < -0.3 is 4.98 Å². The molecule has 5 aromatic rings. The minimum atomic E-state index is -0.241. The van der Waals surface area contributed by atoms with Crippen molar-refractivity contribution in [3.05, 3.63) is 98.8 Å². The fraction of sp³-hybridized carbons (Fsp3) is 0.115. The van der Waals surface area contributed by atoms with E-state index in [0.717, 1.165) is 27.1 Å². The second kappa shape index (κ2) is 8.89. The van der Waals surface area contributed by atoms with Crippen LogP contribution in [0, 0.1) is 25.2 Å². The molecule has 0 aliphatic heterocycles. The highest BCUT2D eigenvalue weighted by Crippen LogP contribution is 2.28. The minimum absolute atomic E-state index is 0.241. The Hall–Kier alpha value is -4.35. The molecule has 0 bridgehead atoms. The number of hydrogen-bond donors (Lipinski definition) is 1. The van der Waals surface area contributed by atoms with Crippen LogP contribution in [0.4, 0.5) is 0 Å².